The summed E-state index contributed by atoms with van der Waals surface area (Å²) >= 11 is 0. The maximum absolute atomic E-state index is 6.58. The number of aromatic nitrogens is 1. The summed E-state index contributed by atoms with van der Waals surface area (Å²) in [5, 5.41) is 5.31. The number of allylic oxidation sites excluding steroid dienone is 2. The molecule has 234 valence electrons. The number of fused-ring (bicyclic) bond motifs is 8. The number of rotatable bonds is 6. The van der Waals surface area contributed by atoms with E-state index in [0.29, 0.717) is 0 Å². The molecule has 0 aliphatic heterocycles. The van der Waals surface area contributed by atoms with Crippen molar-refractivity contribution in [3.8, 4) is 11.3 Å². The lowest BCUT2D eigenvalue weighted by Gasteiger charge is -2.12. The van der Waals surface area contributed by atoms with Crippen LogP contribution in [0, 0.1) is 0 Å². The molecule has 1 unspecified atom stereocenters. The van der Waals surface area contributed by atoms with E-state index in [1.54, 1.807) is 0 Å². The number of benzene rings is 6. The molecular weight excluding hydrogens is 601 g/mol. The van der Waals surface area contributed by atoms with Gasteiger partial charge in [0.2, 0.25) is 0 Å². The van der Waals surface area contributed by atoms with E-state index in [4.69, 9.17) is 18.8 Å². The normalized spacial score (nSPS) is 13.3. The number of aliphatic imine (C=N–C) groups is 1. The smallest absolute Gasteiger partial charge is 0.147 e. The minimum Gasteiger partial charge on any atom is -0.456 e. The van der Waals surface area contributed by atoms with E-state index in [9.17, 15) is 0 Å². The molecule has 9 aromatic rings. The van der Waals surface area contributed by atoms with Gasteiger partial charge in [0, 0.05) is 32.7 Å². The molecule has 4 nitrogen and oxygen atoms in total. The zero-order chi connectivity index (χ0) is 32.9. The number of furan rings is 2. The highest BCUT2D eigenvalue weighted by Crippen LogP contribution is 2.40. The molecule has 0 saturated carbocycles. The SMILES string of the molecule is C/C(=C\C(=N/C(C)c1cccc2c1oc1ccccc12)c1ccccc1)c1ccc2oc3c4ccccc4nc(-c4ccccc4)c3c2c1. The fourth-order valence-electron chi connectivity index (χ4n) is 6.98. The van der Waals surface area contributed by atoms with Gasteiger partial charge < -0.3 is 8.83 Å². The highest BCUT2D eigenvalue weighted by Gasteiger charge is 2.19. The molecule has 0 saturated heterocycles. The van der Waals surface area contributed by atoms with Crippen molar-refractivity contribution in [3.05, 3.63) is 168 Å². The average Bonchev–Trinajstić information content (AvgIpc) is 3.74. The molecule has 9 rings (SSSR count). The van der Waals surface area contributed by atoms with Gasteiger partial charge in [-0.1, -0.05) is 115 Å². The molecule has 1 atom stereocenters. The number of hydrogen-bond acceptors (Lipinski definition) is 4. The summed E-state index contributed by atoms with van der Waals surface area (Å²) in [5.74, 6) is 0. The Labute approximate surface area is 283 Å². The van der Waals surface area contributed by atoms with Gasteiger partial charge >= 0.3 is 0 Å². The first-order chi connectivity index (χ1) is 24.1. The molecule has 0 spiro atoms. The van der Waals surface area contributed by atoms with Crippen LogP contribution in [0.2, 0.25) is 0 Å². The Balaban J connectivity index is 1.19. The van der Waals surface area contributed by atoms with E-state index in [0.717, 1.165) is 94.0 Å². The Morgan fingerprint density at radius 3 is 2.12 bits per heavy atom. The fraction of sp³-hybridized carbons (Fsp3) is 0.0667. The summed E-state index contributed by atoms with van der Waals surface area (Å²) in [4.78, 5) is 10.5. The molecule has 3 aromatic heterocycles. The Morgan fingerprint density at radius 1 is 0.612 bits per heavy atom. The number of pyridine rings is 1. The summed E-state index contributed by atoms with van der Waals surface area (Å²) in [5.41, 5.74) is 11.6. The van der Waals surface area contributed by atoms with E-state index >= 15 is 0 Å². The quantitative estimate of drug-likeness (QED) is 0.171. The third kappa shape index (κ3) is 5.01. The van der Waals surface area contributed by atoms with E-state index in [-0.39, 0.29) is 6.04 Å². The van der Waals surface area contributed by atoms with Crippen LogP contribution in [0.5, 0.6) is 0 Å². The molecule has 0 radical (unpaired) electrons. The van der Waals surface area contributed by atoms with Crippen LogP contribution >= 0.6 is 0 Å². The van der Waals surface area contributed by atoms with E-state index in [1.165, 1.54) is 0 Å². The van der Waals surface area contributed by atoms with Crippen molar-refractivity contribution in [2.24, 2.45) is 4.99 Å². The van der Waals surface area contributed by atoms with Crippen LogP contribution in [0.25, 0.3) is 71.6 Å². The summed E-state index contributed by atoms with van der Waals surface area (Å²) in [6.07, 6.45) is 2.19. The summed E-state index contributed by atoms with van der Waals surface area (Å²) in [7, 11) is 0. The average molecular weight is 633 g/mol. The highest BCUT2D eigenvalue weighted by molar-refractivity contribution is 6.20. The lowest BCUT2D eigenvalue weighted by Crippen LogP contribution is -2.02. The van der Waals surface area contributed by atoms with Gasteiger partial charge in [-0.25, -0.2) is 4.98 Å². The lowest BCUT2D eigenvalue weighted by molar-refractivity contribution is 0.654. The van der Waals surface area contributed by atoms with Crippen LogP contribution in [-0.4, -0.2) is 10.7 Å². The van der Waals surface area contributed by atoms with Crippen LogP contribution in [0.3, 0.4) is 0 Å². The zero-order valence-electron chi connectivity index (χ0n) is 27.2. The van der Waals surface area contributed by atoms with Gasteiger partial charge in [-0.3, -0.25) is 4.99 Å². The van der Waals surface area contributed by atoms with Crippen molar-refractivity contribution in [2.45, 2.75) is 19.9 Å². The molecule has 0 bridgehead atoms. The largest absolute Gasteiger partial charge is 0.456 e. The van der Waals surface area contributed by atoms with Crippen molar-refractivity contribution < 1.29 is 8.83 Å². The molecule has 0 N–H and O–H groups in total. The van der Waals surface area contributed by atoms with Crippen molar-refractivity contribution in [3.63, 3.8) is 0 Å². The molecule has 0 amide bonds. The molecule has 3 heterocycles. The summed E-state index contributed by atoms with van der Waals surface area (Å²) in [6, 6.07) is 49.8. The molecule has 0 aliphatic carbocycles. The van der Waals surface area contributed by atoms with Gasteiger partial charge in [0.05, 0.1) is 28.4 Å². The van der Waals surface area contributed by atoms with Gasteiger partial charge in [-0.05, 0) is 67.0 Å². The first kappa shape index (κ1) is 28.9. The minimum atomic E-state index is -0.142. The second-order valence-electron chi connectivity index (χ2n) is 12.6. The molecule has 0 fully saturated rings. The van der Waals surface area contributed by atoms with Crippen LogP contribution in [-0.2, 0) is 0 Å². The van der Waals surface area contributed by atoms with Crippen molar-refractivity contribution >= 4 is 66.1 Å². The van der Waals surface area contributed by atoms with Crippen LogP contribution in [0.4, 0.5) is 0 Å². The van der Waals surface area contributed by atoms with Gasteiger partial charge in [-0.15, -0.1) is 0 Å². The second kappa shape index (κ2) is 11.8. The molecule has 0 aliphatic rings. The molecular formula is C45H32N2O2. The van der Waals surface area contributed by atoms with E-state index < -0.39 is 0 Å². The van der Waals surface area contributed by atoms with Gasteiger partial charge in [0.15, 0.2) is 0 Å². The highest BCUT2D eigenvalue weighted by atomic mass is 16.3. The van der Waals surface area contributed by atoms with Crippen molar-refractivity contribution in [1.29, 1.82) is 0 Å². The Morgan fingerprint density at radius 2 is 1.29 bits per heavy atom. The monoisotopic (exact) mass is 632 g/mol. The predicted molar refractivity (Wildman–Crippen MR) is 203 cm³/mol. The minimum absolute atomic E-state index is 0.142. The predicted octanol–water partition coefficient (Wildman–Crippen LogP) is 12.4. The van der Waals surface area contributed by atoms with Crippen molar-refractivity contribution in [1.82, 2.24) is 4.98 Å². The van der Waals surface area contributed by atoms with Crippen LogP contribution < -0.4 is 0 Å². The fourth-order valence-corrected chi connectivity index (χ4v) is 6.98. The number of nitrogens with zero attached hydrogens (tertiary/aromatic N) is 2. The van der Waals surface area contributed by atoms with Crippen LogP contribution in [0.15, 0.2) is 165 Å². The maximum Gasteiger partial charge on any atom is 0.147 e. The van der Waals surface area contributed by atoms with E-state index in [1.807, 2.05) is 42.5 Å². The third-order valence-corrected chi connectivity index (χ3v) is 9.45. The number of para-hydroxylation sites is 3. The Kier molecular flexibility index (Phi) is 6.94. The topological polar surface area (TPSA) is 51.5 Å². The van der Waals surface area contributed by atoms with Gasteiger partial charge in [-0.2, -0.15) is 0 Å². The van der Waals surface area contributed by atoms with Crippen molar-refractivity contribution in [2.75, 3.05) is 0 Å². The Bertz CT molecular complexity index is 2730. The van der Waals surface area contributed by atoms with Gasteiger partial charge in [0.1, 0.15) is 22.3 Å². The third-order valence-electron chi connectivity index (χ3n) is 9.45. The molecule has 6 aromatic carbocycles. The second-order valence-corrected chi connectivity index (χ2v) is 12.6. The first-order valence-electron chi connectivity index (χ1n) is 16.6. The standard InChI is InChI=1S/C45H32N2O2/c1-28(26-39(30-14-5-3-6-15-30)46-29(2)33-20-13-21-35-34-18-10-12-23-40(34)48-44(33)35)32-24-25-41-37(27-32)42-43(31-16-7-4-8-17-31)47-38-22-11-9-19-36(38)45(42)49-41/h3-27,29H,1-2H3/b28-26+,46-39+. The summed E-state index contributed by atoms with van der Waals surface area (Å²) < 4.78 is 13.0. The summed E-state index contributed by atoms with van der Waals surface area (Å²) in [6.45, 7) is 4.29. The van der Waals surface area contributed by atoms with Crippen LogP contribution in [0.1, 0.15) is 36.6 Å². The van der Waals surface area contributed by atoms with Gasteiger partial charge in [0.25, 0.3) is 0 Å². The number of hydrogen-bond donors (Lipinski definition) is 0. The maximum atomic E-state index is 6.58. The zero-order valence-corrected chi connectivity index (χ0v) is 27.2. The van der Waals surface area contributed by atoms with E-state index in [2.05, 4.69) is 123 Å². The Hall–Kier alpha value is -6.26. The lowest BCUT2D eigenvalue weighted by atomic mass is 9.98. The molecule has 49 heavy (non-hydrogen) atoms. The molecule has 4 heteroatoms. The first-order valence-corrected chi connectivity index (χ1v) is 16.6.